The first-order valence-corrected chi connectivity index (χ1v) is 11.3. The van der Waals surface area contributed by atoms with Crippen LogP contribution in [0.4, 0.5) is 0 Å². The number of hydrogen-bond donors (Lipinski definition) is 0. The predicted molar refractivity (Wildman–Crippen MR) is 129 cm³/mol. The molecular weight excluding hydrogens is 390 g/mol. The van der Waals surface area contributed by atoms with Gasteiger partial charge >= 0.3 is 0 Å². The highest BCUT2D eigenvalue weighted by Gasteiger charge is 2.03. The van der Waals surface area contributed by atoms with Gasteiger partial charge in [-0.2, -0.15) is 11.3 Å². The number of rotatable bonds is 12. The van der Waals surface area contributed by atoms with Crippen LogP contribution in [-0.2, 0) is 4.74 Å². The van der Waals surface area contributed by atoms with Crippen LogP contribution in [0.25, 0.3) is 11.1 Å². The van der Waals surface area contributed by atoms with Crippen molar-refractivity contribution in [3.8, 4) is 28.7 Å². The van der Waals surface area contributed by atoms with Crippen molar-refractivity contribution in [2.45, 2.75) is 20.8 Å². The van der Waals surface area contributed by atoms with Crippen molar-refractivity contribution < 1.29 is 9.47 Å². The van der Waals surface area contributed by atoms with Crippen molar-refractivity contribution in [2.75, 3.05) is 39.5 Å². The fourth-order valence-corrected chi connectivity index (χ4v) is 3.33. The highest BCUT2D eigenvalue weighted by Crippen LogP contribution is 2.25. The summed E-state index contributed by atoms with van der Waals surface area (Å²) < 4.78 is 11.6. The number of benzene rings is 1. The quantitative estimate of drug-likeness (QED) is 0.241. The molecule has 0 radical (unpaired) electrons. The topological polar surface area (TPSA) is 21.7 Å². The number of thiophene rings is 1. The van der Waals surface area contributed by atoms with Gasteiger partial charge in [0.25, 0.3) is 0 Å². The van der Waals surface area contributed by atoms with Gasteiger partial charge in [0.2, 0.25) is 0 Å². The first-order valence-electron chi connectivity index (χ1n) is 10.3. The molecule has 0 aliphatic rings. The third kappa shape index (κ3) is 9.93. The SMILES string of the molecule is C=CCN(CC=CC#CC(C)(C)C)CCOCCOc1cccc(-c2ccsc2)c1. The van der Waals surface area contributed by atoms with Crippen LogP contribution in [0.15, 0.2) is 65.9 Å². The van der Waals surface area contributed by atoms with E-state index in [9.17, 15) is 0 Å². The molecule has 1 heterocycles. The summed E-state index contributed by atoms with van der Waals surface area (Å²) in [6, 6.07) is 10.3. The number of nitrogens with zero attached hydrogens (tertiary/aromatic N) is 1. The lowest BCUT2D eigenvalue weighted by atomic mass is 9.98. The second-order valence-corrected chi connectivity index (χ2v) is 8.75. The monoisotopic (exact) mass is 423 g/mol. The van der Waals surface area contributed by atoms with E-state index in [1.807, 2.05) is 24.3 Å². The second-order valence-electron chi connectivity index (χ2n) is 7.97. The van der Waals surface area contributed by atoms with Crippen molar-refractivity contribution in [3.05, 3.63) is 65.9 Å². The van der Waals surface area contributed by atoms with E-state index in [1.54, 1.807) is 11.3 Å². The lowest BCUT2D eigenvalue weighted by Gasteiger charge is -2.18. The van der Waals surface area contributed by atoms with Crippen LogP contribution in [0.1, 0.15) is 20.8 Å². The van der Waals surface area contributed by atoms with Gasteiger partial charge in [-0.3, -0.25) is 4.90 Å². The summed E-state index contributed by atoms with van der Waals surface area (Å²) in [5, 5.41) is 4.23. The van der Waals surface area contributed by atoms with E-state index in [-0.39, 0.29) is 5.41 Å². The summed E-state index contributed by atoms with van der Waals surface area (Å²) in [5.41, 5.74) is 2.43. The molecule has 0 amide bonds. The first-order chi connectivity index (χ1) is 14.5. The Morgan fingerprint density at radius 3 is 2.70 bits per heavy atom. The minimum atomic E-state index is 0.0340. The molecule has 1 aromatic heterocycles. The Hall–Kier alpha value is -2.32. The zero-order valence-corrected chi connectivity index (χ0v) is 19.2. The van der Waals surface area contributed by atoms with Crippen molar-refractivity contribution in [2.24, 2.45) is 5.41 Å². The molecule has 1 aromatic carbocycles. The van der Waals surface area contributed by atoms with Crippen molar-refractivity contribution >= 4 is 11.3 Å². The Morgan fingerprint density at radius 1 is 1.10 bits per heavy atom. The van der Waals surface area contributed by atoms with Gasteiger partial charge in [-0.1, -0.05) is 36.1 Å². The van der Waals surface area contributed by atoms with Gasteiger partial charge in [-0.15, -0.1) is 6.58 Å². The standard InChI is InChI=1S/C26H33NO2S/c1-5-14-27(15-8-6-7-13-26(2,3)4)16-17-28-18-19-29-25-11-9-10-23(21-25)24-12-20-30-22-24/h5-6,8-12,20-22H,1,14-19H2,2-4H3. The molecule has 3 nitrogen and oxygen atoms in total. The van der Waals surface area contributed by atoms with Gasteiger partial charge in [-0.05, 0) is 66.9 Å². The molecule has 2 rings (SSSR count). The normalized spacial score (nSPS) is 11.5. The molecule has 0 bridgehead atoms. The minimum absolute atomic E-state index is 0.0340. The molecule has 0 fully saturated rings. The molecule has 0 atom stereocenters. The van der Waals surface area contributed by atoms with Crippen LogP contribution in [0.3, 0.4) is 0 Å². The highest BCUT2D eigenvalue weighted by atomic mass is 32.1. The Balaban J connectivity index is 1.65. The van der Waals surface area contributed by atoms with E-state index in [2.05, 4.69) is 79.1 Å². The molecular formula is C26H33NO2S. The molecule has 0 saturated heterocycles. The van der Waals surface area contributed by atoms with E-state index in [1.165, 1.54) is 11.1 Å². The van der Waals surface area contributed by atoms with Crippen LogP contribution >= 0.6 is 11.3 Å². The molecule has 0 spiro atoms. The van der Waals surface area contributed by atoms with Crippen LogP contribution in [-0.4, -0.2) is 44.4 Å². The number of allylic oxidation sites excluding steroid dienone is 1. The molecule has 0 aliphatic carbocycles. The van der Waals surface area contributed by atoms with Crippen molar-refractivity contribution in [1.82, 2.24) is 4.90 Å². The summed E-state index contributed by atoms with van der Waals surface area (Å²) in [6.45, 7) is 14.4. The van der Waals surface area contributed by atoms with Crippen LogP contribution in [0.2, 0.25) is 0 Å². The summed E-state index contributed by atoms with van der Waals surface area (Å²) >= 11 is 1.70. The Morgan fingerprint density at radius 2 is 1.97 bits per heavy atom. The summed E-state index contributed by atoms with van der Waals surface area (Å²) in [6.07, 6.45) is 5.93. The zero-order chi connectivity index (χ0) is 21.7. The molecule has 0 unspecified atom stereocenters. The van der Waals surface area contributed by atoms with Gasteiger partial charge in [0, 0.05) is 25.0 Å². The van der Waals surface area contributed by atoms with Crippen molar-refractivity contribution in [1.29, 1.82) is 0 Å². The van der Waals surface area contributed by atoms with Crippen LogP contribution in [0.5, 0.6) is 5.75 Å². The van der Waals surface area contributed by atoms with Crippen molar-refractivity contribution in [3.63, 3.8) is 0 Å². The predicted octanol–water partition coefficient (Wildman–Crippen LogP) is 5.90. The number of ether oxygens (including phenoxy) is 2. The maximum atomic E-state index is 5.84. The van der Waals surface area contributed by atoms with Crippen LogP contribution in [0, 0.1) is 17.3 Å². The molecule has 0 N–H and O–H groups in total. The maximum absolute atomic E-state index is 5.84. The third-order valence-electron chi connectivity index (χ3n) is 4.14. The van der Waals surface area contributed by atoms with Gasteiger partial charge in [0.05, 0.1) is 13.2 Å². The Labute approximate surface area is 186 Å². The van der Waals surface area contributed by atoms with E-state index in [0.29, 0.717) is 19.8 Å². The maximum Gasteiger partial charge on any atom is 0.120 e. The van der Waals surface area contributed by atoms with E-state index in [4.69, 9.17) is 9.47 Å². The molecule has 160 valence electrons. The second kappa shape index (κ2) is 13.1. The Kier molecular flexibility index (Phi) is 10.4. The summed E-state index contributed by atoms with van der Waals surface area (Å²) in [5.74, 6) is 7.18. The minimum Gasteiger partial charge on any atom is -0.491 e. The zero-order valence-electron chi connectivity index (χ0n) is 18.4. The molecule has 2 aromatic rings. The summed E-state index contributed by atoms with van der Waals surface area (Å²) in [7, 11) is 0. The van der Waals surface area contributed by atoms with Crippen LogP contribution < -0.4 is 4.74 Å². The van der Waals surface area contributed by atoms with E-state index < -0.39 is 0 Å². The highest BCUT2D eigenvalue weighted by molar-refractivity contribution is 7.08. The van der Waals surface area contributed by atoms with Gasteiger partial charge < -0.3 is 9.47 Å². The smallest absolute Gasteiger partial charge is 0.120 e. The largest absolute Gasteiger partial charge is 0.491 e. The first kappa shape index (κ1) is 24.0. The summed E-state index contributed by atoms with van der Waals surface area (Å²) in [4.78, 5) is 2.27. The molecule has 0 saturated carbocycles. The van der Waals surface area contributed by atoms with Gasteiger partial charge in [0.1, 0.15) is 12.4 Å². The average molecular weight is 424 g/mol. The molecule has 30 heavy (non-hydrogen) atoms. The third-order valence-corrected chi connectivity index (χ3v) is 4.82. The number of hydrogen-bond acceptors (Lipinski definition) is 4. The van der Waals surface area contributed by atoms with Gasteiger partial charge in [-0.25, -0.2) is 0 Å². The lowest BCUT2D eigenvalue weighted by Crippen LogP contribution is -2.28. The molecule has 0 aliphatic heterocycles. The molecule has 4 heteroatoms. The Bertz CT molecular complexity index is 838. The van der Waals surface area contributed by atoms with E-state index in [0.717, 1.165) is 25.4 Å². The van der Waals surface area contributed by atoms with Gasteiger partial charge in [0.15, 0.2) is 0 Å². The van der Waals surface area contributed by atoms with E-state index >= 15 is 0 Å². The fourth-order valence-electron chi connectivity index (χ4n) is 2.67. The lowest BCUT2D eigenvalue weighted by molar-refractivity contribution is 0.0843. The average Bonchev–Trinajstić information content (AvgIpc) is 3.24. The fraction of sp³-hybridized carbons (Fsp3) is 0.385.